The van der Waals surface area contributed by atoms with Crippen molar-refractivity contribution in [3.05, 3.63) is 35.5 Å². The molecule has 0 spiro atoms. The van der Waals surface area contributed by atoms with Crippen molar-refractivity contribution in [1.29, 1.82) is 0 Å². The van der Waals surface area contributed by atoms with Gasteiger partial charge in [0.05, 0.1) is 6.10 Å². The van der Waals surface area contributed by atoms with Gasteiger partial charge < -0.3 is 5.11 Å². The molecule has 1 nitrogen and oxygen atoms in total. The van der Waals surface area contributed by atoms with Gasteiger partial charge >= 0.3 is 0 Å². The van der Waals surface area contributed by atoms with E-state index in [2.05, 4.69) is 65.8 Å². The molecule has 0 saturated heterocycles. The number of hydrogen-bond donors (Lipinski definition) is 1. The van der Waals surface area contributed by atoms with Gasteiger partial charge in [-0.05, 0) is 111 Å². The van der Waals surface area contributed by atoms with Gasteiger partial charge in [0.2, 0.25) is 0 Å². The van der Waals surface area contributed by atoms with Crippen LogP contribution in [0.15, 0.2) is 35.5 Å². The van der Waals surface area contributed by atoms with Crippen LogP contribution in [-0.2, 0) is 0 Å². The number of rotatable bonds is 12. The monoisotopic (exact) mass is 482 g/mol. The highest BCUT2D eigenvalue weighted by Crippen LogP contribution is 2.48. The normalized spacial score (nSPS) is 31.7. The summed E-state index contributed by atoms with van der Waals surface area (Å²) in [5, 5.41) is 9.79. The molecule has 200 valence electrons. The Morgan fingerprint density at radius 1 is 0.943 bits per heavy atom. The van der Waals surface area contributed by atoms with E-state index < -0.39 is 0 Å². The van der Waals surface area contributed by atoms with Crippen LogP contribution in [0.25, 0.3) is 0 Å². The quantitative estimate of drug-likeness (QED) is 0.274. The summed E-state index contributed by atoms with van der Waals surface area (Å²) < 4.78 is 0. The molecule has 1 saturated carbocycles. The fourth-order valence-corrected chi connectivity index (χ4v) is 7.83. The Kier molecular flexibility index (Phi) is 11.7. The highest BCUT2D eigenvalue weighted by atomic mass is 16.3. The molecule has 3 aliphatic rings. The number of aliphatic hydroxyl groups is 1. The van der Waals surface area contributed by atoms with Gasteiger partial charge in [-0.1, -0.05) is 97.1 Å². The van der Waals surface area contributed by atoms with Crippen molar-refractivity contribution in [2.75, 3.05) is 0 Å². The van der Waals surface area contributed by atoms with Crippen molar-refractivity contribution < 1.29 is 5.11 Å². The lowest BCUT2D eigenvalue weighted by Crippen LogP contribution is -2.38. The number of hydrogen-bond acceptors (Lipinski definition) is 1. The molecule has 0 aromatic heterocycles. The van der Waals surface area contributed by atoms with E-state index in [4.69, 9.17) is 0 Å². The molecule has 0 aromatic rings. The van der Waals surface area contributed by atoms with Gasteiger partial charge in [-0.3, -0.25) is 0 Å². The minimum absolute atomic E-state index is 0.0911. The van der Waals surface area contributed by atoms with E-state index in [0.717, 1.165) is 60.7 Å². The summed E-state index contributed by atoms with van der Waals surface area (Å²) in [7, 11) is 0. The van der Waals surface area contributed by atoms with Crippen molar-refractivity contribution in [3.8, 4) is 0 Å². The van der Waals surface area contributed by atoms with Crippen LogP contribution >= 0.6 is 0 Å². The first kappa shape index (κ1) is 28.7. The van der Waals surface area contributed by atoms with Crippen LogP contribution < -0.4 is 0 Å². The summed E-state index contributed by atoms with van der Waals surface area (Å²) >= 11 is 0. The third-order valence-corrected chi connectivity index (χ3v) is 10.5. The molecule has 3 unspecified atom stereocenters. The van der Waals surface area contributed by atoms with Gasteiger partial charge in [-0.25, -0.2) is 0 Å². The zero-order valence-electron chi connectivity index (χ0n) is 24.1. The topological polar surface area (TPSA) is 20.2 Å². The van der Waals surface area contributed by atoms with E-state index in [1.54, 1.807) is 11.1 Å². The fourth-order valence-electron chi connectivity index (χ4n) is 7.83. The van der Waals surface area contributed by atoms with Gasteiger partial charge in [0.25, 0.3) is 0 Å². The lowest BCUT2D eigenvalue weighted by Gasteiger charge is -2.46. The molecular formula is C34H58O. The lowest BCUT2D eigenvalue weighted by atomic mass is 9.59. The average Bonchev–Trinajstić information content (AvgIpc) is 2.86. The number of aliphatic hydroxyl groups excluding tert-OH is 1. The summed E-state index contributed by atoms with van der Waals surface area (Å²) in [6.45, 7) is 14.9. The summed E-state index contributed by atoms with van der Waals surface area (Å²) in [4.78, 5) is 0. The molecule has 0 heterocycles. The highest BCUT2D eigenvalue weighted by Gasteiger charge is 2.40. The van der Waals surface area contributed by atoms with E-state index in [0.29, 0.717) is 5.92 Å². The minimum atomic E-state index is -0.0911. The number of allylic oxidation sites excluding steroid dienone is 5. The van der Waals surface area contributed by atoms with Crippen molar-refractivity contribution in [3.63, 3.8) is 0 Å². The zero-order chi connectivity index (χ0) is 25.4. The maximum atomic E-state index is 9.79. The Hall–Kier alpha value is -0.820. The van der Waals surface area contributed by atoms with Gasteiger partial charge in [-0.15, -0.1) is 0 Å². The summed E-state index contributed by atoms with van der Waals surface area (Å²) in [6.07, 6.45) is 26.3. The summed E-state index contributed by atoms with van der Waals surface area (Å²) in [6, 6.07) is 0. The molecule has 35 heavy (non-hydrogen) atoms. The molecule has 1 N–H and O–H groups in total. The Morgan fingerprint density at radius 3 is 2.26 bits per heavy atom. The largest absolute Gasteiger partial charge is 0.393 e. The SMILES string of the molecule is CC[C@@H](C1=CC[C@H](C)C=C1)C([C@H]1CC[C@@H](C)CC1)[C@@H](CC)C(C)[C@H](C)CCCC1=CCC(O)CC1. The van der Waals surface area contributed by atoms with Crippen LogP contribution in [0.4, 0.5) is 0 Å². The van der Waals surface area contributed by atoms with Crippen LogP contribution in [0.5, 0.6) is 0 Å². The first-order chi connectivity index (χ1) is 16.8. The molecular weight excluding hydrogens is 424 g/mol. The Bertz CT molecular complexity index is 706. The van der Waals surface area contributed by atoms with Gasteiger partial charge in [-0.2, -0.15) is 0 Å². The van der Waals surface area contributed by atoms with Crippen molar-refractivity contribution in [2.45, 2.75) is 131 Å². The smallest absolute Gasteiger partial charge is 0.0577 e. The fraction of sp³-hybridized carbons (Fsp3) is 0.824. The second kappa shape index (κ2) is 14.2. The molecule has 0 amide bonds. The third kappa shape index (κ3) is 8.08. The van der Waals surface area contributed by atoms with Crippen LogP contribution in [-0.4, -0.2) is 11.2 Å². The van der Waals surface area contributed by atoms with E-state index in [-0.39, 0.29) is 6.10 Å². The molecule has 7 atom stereocenters. The van der Waals surface area contributed by atoms with Crippen LogP contribution in [0.2, 0.25) is 0 Å². The third-order valence-electron chi connectivity index (χ3n) is 10.5. The molecule has 1 fully saturated rings. The van der Waals surface area contributed by atoms with Crippen molar-refractivity contribution in [2.24, 2.45) is 47.3 Å². The van der Waals surface area contributed by atoms with E-state index >= 15 is 0 Å². The predicted octanol–water partition coefficient (Wildman–Crippen LogP) is 9.92. The van der Waals surface area contributed by atoms with Gasteiger partial charge in [0.1, 0.15) is 0 Å². The molecule has 0 bridgehead atoms. The van der Waals surface area contributed by atoms with E-state index in [1.807, 2.05) is 0 Å². The minimum Gasteiger partial charge on any atom is -0.393 e. The van der Waals surface area contributed by atoms with Crippen LogP contribution in [0.3, 0.4) is 0 Å². The van der Waals surface area contributed by atoms with E-state index in [9.17, 15) is 5.11 Å². The molecule has 0 aromatic carbocycles. The zero-order valence-corrected chi connectivity index (χ0v) is 24.1. The molecule has 3 aliphatic carbocycles. The first-order valence-electron chi connectivity index (χ1n) is 15.6. The maximum absolute atomic E-state index is 9.79. The standard InChI is InChI=1S/C34H58O/c1-7-32(27(6)26(5)10-9-11-28-16-22-31(35)23-17-28)34(30-20-14-25(4)15-21-30)33(8-2)29-18-12-24(3)13-19-29/h12,16,18-19,24-27,30-35H,7-11,13-15,17,20-23H2,1-6H3/t24-,25-,26-,27?,30+,31?,32+,33+,34?/m1/s1. The predicted molar refractivity (Wildman–Crippen MR) is 153 cm³/mol. The summed E-state index contributed by atoms with van der Waals surface area (Å²) in [5.41, 5.74) is 3.27. The van der Waals surface area contributed by atoms with Crippen molar-refractivity contribution >= 4 is 0 Å². The average molecular weight is 483 g/mol. The second-order valence-corrected chi connectivity index (χ2v) is 13.0. The summed E-state index contributed by atoms with van der Waals surface area (Å²) in [5.74, 6) is 6.49. The van der Waals surface area contributed by atoms with Gasteiger partial charge in [0, 0.05) is 0 Å². The molecule has 1 heteroatoms. The molecule has 0 radical (unpaired) electrons. The van der Waals surface area contributed by atoms with Gasteiger partial charge in [0.15, 0.2) is 0 Å². The molecule has 3 rings (SSSR count). The Morgan fingerprint density at radius 2 is 1.69 bits per heavy atom. The van der Waals surface area contributed by atoms with E-state index in [1.165, 1.54) is 64.2 Å². The Balaban J connectivity index is 1.71. The Labute approximate surface area is 218 Å². The molecule has 0 aliphatic heterocycles. The highest BCUT2D eigenvalue weighted by molar-refractivity contribution is 5.27. The first-order valence-corrected chi connectivity index (χ1v) is 15.6. The second-order valence-electron chi connectivity index (χ2n) is 13.0. The van der Waals surface area contributed by atoms with Crippen molar-refractivity contribution in [1.82, 2.24) is 0 Å². The lowest BCUT2D eigenvalue weighted by molar-refractivity contribution is 0.0605. The van der Waals surface area contributed by atoms with Crippen LogP contribution in [0, 0.1) is 47.3 Å². The van der Waals surface area contributed by atoms with Crippen LogP contribution in [0.1, 0.15) is 125 Å². The maximum Gasteiger partial charge on any atom is 0.0577 e.